The molecule has 2 nitrogen and oxygen atoms in total. The third-order valence-corrected chi connectivity index (χ3v) is 3.87. The van der Waals surface area contributed by atoms with Crippen LogP contribution in [0.2, 0.25) is 0 Å². The second-order valence-electron chi connectivity index (χ2n) is 5.08. The predicted molar refractivity (Wildman–Crippen MR) is 83.7 cm³/mol. The maximum atomic E-state index is 11.1. The summed E-state index contributed by atoms with van der Waals surface area (Å²) in [6, 6.07) is 16.1. The molecule has 0 atom stereocenters. The Labute approximate surface area is 120 Å². The zero-order chi connectivity index (χ0) is 14.5. The molecule has 104 valence electrons. The van der Waals surface area contributed by atoms with Crippen LogP contribution in [0.1, 0.15) is 48.5 Å². The number of carbonyl (C=O) groups excluding carboxylic acids is 1. The van der Waals surface area contributed by atoms with Gasteiger partial charge >= 0.3 is 0 Å². The van der Waals surface area contributed by atoms with E-state index in [0.29, 0.717) is 11.5 Å². The van der Waals surface area contributed by atoms with Crippen molar-refractivity contribution in [2.45, 2.75) is 32.6 Å². The molecule has 2 heteroatoms. The van der Waals surface area contributed by atoms with Crippen molar-refractivity contribution in [1.29, 1.82) is 0 Å². The van der Waals surface area contributed by atoms with Crippen LogP contribution in [0.3, 0.4) is 0 Å². The van der Waals surface area contributed by atoms with E-state index < -0.39 is 0 Å². The highest BCUT2D eigenvalue weighted by molar-refractivity contribution is 5.93. The third kappa shape index (κ3) is 3.08. The zero-order valence-corrected chi connectivity index (χ0v) is 12.1. The Morgan fingerprint density at radius 2 is 1.35 bits per heavy atom. The van der Waals surface area contributed by atoms with Crippen molar-refractivity contribution < 1.29 is 4.79 Å². The monoisotopic (exact) mass is 267 g/mol. The Bertz CT molecular complexity index is 565. The average molecular weight is 267 g/mol. The molecule has 0 aliphatic carbocycles. The number of nitrogens with two attached hydrogens (primary N) is 1. The first-order valence-corrected chi connectivity index (χ1v) is 7.15. The SMILES string of the molecule is CCC(CC)c1ccc(-c2ccc(C(N)=O)cc2)cc1. The van der Waals surface area contributed by atoms with Gasteiger partial charge in [-0.1, -0.05) is 50.2 Å². The molecule has 20 heavy (non-hydrogen) atoms. The van der Waals surface area contributed by atoms with Gasteiger partial charge in [0, 0.05) is 5.56 Å². The van der Waals surface area contributed by atoms with Gasteiger partial charge in [0.1, 0.15) is 0 Å². The largest absolute Gasteiger partial charge is 0.366 e. The van der Waals surface area contributed by atoms with E-state index in [9.17, 15) is 4.79 Å². The van der Waals surface area contributed by atoms with Crippen LogP contribution in [0.15, 0.2) is 48.5 Å². The van der Waals surface area contributed by atoms with E-state index in [2.05, 4.69) is 38.1 Å². The number of amides is 1. The summed E-state index contributed by atoms with van der Waals surface area (Å²) >= 11 is 0. The van der Waals surface area contributed by atoms with Crippen LogP contribution in [0.5, 0.6) is 0 Å². The van der Waals surface area contributed by atoms with Gasteiger partial charge in [-0.05, 0) is 47.6 Å². The maximum absolute atomic E-state index is 11.1. The second-order valence-corrected chi connectivity index (χ2v) is 5.08. The smallest absolute Gasteiger partial charge is 0.248 e. The molecule has 0 spiro atoms. The highest BCUT2D eigenvalue weighted by atomic mass is 16.1. The molecule has 0 saturated heterocycles. The van der Waals surface area contributed by atoms with E-state index in [-0.39, 0.29) is 5.91 Å². The van der Waals surface area contributed by atoms with E-state index in [0.717, 1.165) is 11.1 Å². The molecular weight excluding hydrogens is 246 g/mol. The highest BCUT2D eigenvalue weighted by Crippen LogP contribution is 2.26. The van der Waals surface area contributed by atoms with E-state index >= 15 is 0 Å². The summed E-state index contributed by atoms with van der Waals surface area (Å²) in [5.74, 6) is 0.252. The van der Waals surface area contributed by atoms with Gasteiger partial charge in [-0.3, -0.25) is 4.79 Å². The fraction of sp³-hybridized carbons (Fsp3) is 0.278. The van der Waals surface area contributed by atoms with Crippen molar-refractivity contribution in [2.75, 3.05) is 0 Å². The normalized spacial score (nSPS) is 10.8. The first kappa shape index (κ1) is 14.3. The first-order chi connectivity index (χ1) is 9.65. The maximum Gasteiger partial charge on any atom is 0.248 e. The summed E-state index contributed by atoms with van der Waals surface area (Å²) in [6.45, 7) is 4.45. The van der Waals surface area contributed by atoms with Gasteiger partial charge in [0.2, 0.25) is 5.91 Å². The van der Waals surface area contributed by atoms with Crippen LogP contribution in [-0.4, -0.2) is 5.91 Å². The molecule has 0 radical (unpaired) electrons. The molecule has 0 aliphatic heterocycles. The molecular formula is C18H21NO. The molecule has 0 heterocycles. The lowest BCUT2D eigenvalue weighted by Crippen LogP contribution is -2.10. The zero-order valence-electron chi connectivity index (χ0n) is 12.1. The average Bonchev–Trinajstić information content (AvgIpc) is 2.49. The Balaban J connectivity index is 2.23. The summed E-state index contributed by atoms with van der Waals surface area (Å²) in [4.78, 5) is 11.1. The highest BCUT2D eigenvalue weighted by Gasteiger charge is 2.07. The minimum atomic E-state index is -0.388. The van der Waals surface area contributed by atoms with E-state index in [1.165, 1.54) is 18.4 Å². The van der Waals surface area contributed by atoms with Crippen molar-refractivity contribution in [3.05, 3.63) is 59.7 Å². The van der Waals surface area contributed by atoms with Gasteiger partial charge in [0.15, 0.2) is 0 Å². The van der Waals surface area contributed by atoms with Crippen molar-refractivity contribution >= 4 is 5.91 Å². The third-order valence-electron chi connectivity index (χ3n) is 3.87. The Hall–Kier alpha value is -2.09. The van der Waals surface area contributed by atoms with Crippen LogP contribution >= 0.6 is 0 Å². The Morgan fingerprint density at radius 1 is 0.900 bits per heavy atom. The van der Waals surface area contributed by atoms with Gasteiger partial charge in [0.25, 0.3) is 0 Å². The fourth-order valence-corrected chi connectivity index (χ4v) is 2.53. The molecule has 2 N–H and O–H groups in total. The second kappa shape index (κ2) is 6.38. The van der Waals surface area contributed by atoms with Crippen molar-refractivity contribution in [2.24, 2.45) is 5.73 Å². The molecule has 0 fully saturated rings. The molecule has 2 aromatic rings. The number of rotatable bonds is 5. The van der Waals surface area contributed by atoms with Crippen LogP contribution in [0, 0.1) is 0 Å². The standard InChI is InChI=1S/C18H21NO/c1-3-13(4-2)14-5-7-15(8-6-14)16-9-11-17(12-10-16)18(19)20/h5-13H,3-4H2,1-2H3,(H2,19,20). The molecule has 2 aromatic carbocycles. The fourth-order valence-electron chi connectivity index (χ4n) is 2.53. The molecule has 0 aliphatic rings. The van der Waals surface area contributed by atoms with Gasteiger partial charge in [-0.25, -0.2) is 0 Å². The molecule has 0 unspecified atom stereocenters. The van der Waals surface area contributed by atoms with Crippen LogP contribution in [0.25, 0.3) is 11.1 Å². The van der Waals surface area contributed by atoms with Gasteiger partial charge in [0.05, 0.1) is 0 Å². The summed E-state index contributed by atoms with van der Waals surface area (Å²) in [5.41, 5.74) is 9.45. The van der Waals surface area contributed by atoms with Crippen molar-refractivity contribution in [3.63, 3.8) is 0 Å². The molecule has 2 rings (SSSR count). The van der Waals surface area contributed by atoms with Gasteiger partial charge < -0.3 is 5.73 Å². The lowest BCUT2D eigenvalue weighted by molar-refractivity contribution is 0.100. The molecule has 1 amide bonds. The molecule has 0 aromatic heterocycles. The van der Waals surface area contributed by atoms with Crippen molar-refractivity contribution in [3.8, 4) is 11.1 Å². The first-order valence-electron chi connectivity index (χ1n) is 7.15. The number of hydrogen-bond donors (Lipinski definition) is 1. The van der Waals surface area contributed by atoms with E-state index in [1.54, 1.807) is 12.1 Å². The van der Waals surface area contributed by atoms with Crippen LogP contribution in [-0.2, 0) is 0 Å². The van der Waals surface area contributed by atoms with Crippen LogP contribution in [0.4, 0.5) is 0 Å². The molecule has 0 saturated carbocycles. The minimum Gasteiger partial charge on any atom is -0.366 e. The summed E-state index contributed by atoms with van der Waals surface area (Å²) < 4.78 is 0. The Kier molecular flexibility index (Phi) is 4.57. The topological polar surface area (TPSA) is 43.1 Å². The van der Waals surface area contributed by atoms with E-state index in [1.807, 2.05) is 12.1 Å². The number of benzene rings is 2. The predicted octanol–water partition coefficient (Wildman–Crippen LogP) is 4.36. The van der Waals surface area contributed by atoms with Crippen molar-refractivity contribution in [1.82, 2.24) is 0 Å². The molecule has 0 bridgehead atoms. The summed E-state index contributed by atoms with van der Waals surface area (Å²) in [7, 11) is 0. The van der Waals surface area contributed by atoms with Crippen LogP contribution < -0.4 is 5.73 Å². The number of carbonyl (C=O) groups is 1. The summed E-state index contributed by atoms with van der Waals surface area (Å²) in [6.07, 6.45) is 2.34. The lowest BCUT2D eigenvalue weighted by Gasteiger charge is -2.13. The van der Waals surface area contributed by atoms with Gasteiger partial charge in [-0.15, -0.1) is 0 Å². The minimum absolute atomic E-state index is 0.388. The number of primary amides is 1. The summed E-state index contributed by atoms with van der Waals surface area (Å²) in [5, 5.41) is 0. The Morgan fingerprint density at radius 3 is 1.75 bits per heavy atom. The number of hydrogen-bond acceptors (Lipinski definition) is 1. The van der Waals surface area contributed by atoms with E-state index in [4.69, 9.17) is 5.73 Å². The lowest BCUT2D eigenvalue weighted by atomic mass is 9.92. The quantitative estimate of drug-likeness (QED) is 0.859. The van der Waals surface area contributed by atoms with Gasteiger partial charge in [-0.2, -0.15) is 0 Å².